The lowest BCUT2D eigenvalue weighted by atomic mass is 9.63. The number of hydrogen-bond acceptors (Lipinski definition) is 6. The molecule has 0 unspecified atom stereocenters. The number of carbonyl (C=O) groups excluding carboxylic acids is 3. The van der Waals surface area contributed by atoms with Crippen LogP contribution in [0.2, 0.25) is 5.02 Å². The number of anilines is 1. The van der Waals surface area contributed by atoms with Crippen molar-refractivity contribution in [1.82, 2.24) is 0 Å². The molecule has 5 rings (SSSR count). The summed E-state index contributed by atoms with van der Waals surface area (Å²) in [5.41, 5.74) is 6.37. The van der Waals surface area contributed by atoms with E-state index in [1.807, 2.05) is 18.2 Å². The fourth-order valence-electron chi connectivity index (χ4n) is 5.09. The normalized spacial score (nSPS) is 23.8. The number of allylic oxidation sites excluding steroid dienone is 1. The van der Waals surface area contributed by atoms with E-state index in [-0.39, 0.29) is 47.5 Å². The van der Waals surface area contributed by atoms with Crippen molar-refractivity contribution in [1.29, 1.82) is 0 Å². The number of halogens is 1. The quantitative estimate of drug-likeness (QED) is 0.671. The van der Waals surface area contributed by atoms with Crippen molar-refractivity contribution in [3.8, 4) is 0 Å². The number of hydrogen-bond donors (Lipinski definition) is 2. The van der Waals surface area contributed by atoms with Crippen molar-refractivity contribution in [2.24, 2.45) is 5.73 Å². The van der Waals surface area contributed by atoms with Crippen molar-refractivity contribution in [3.05, 3.63) is 87.5 Å². The molecule has 2 aromatic carbocycles. The molecule has 2 heterocycles. The summed E-state index contributed by atoms with van der Waals surface area (Å²) in [6.07, 6.45) is 0.463. The minimum Gasteiger partial charge on any atom is -0.462 e. The summed E-state index contributed by atoms with van der Waals surface area (Å²) in [5.74, 6) is -1.77. The van der Waals surface area contributed by atoms with Crippen LogP contribution in [0.3, 0.4) is 0 Å². The zero-order valence-electron chi connectivity index (χ0n) is 17.8. The van der Waals surface area contributed by atoms with E-state index >= 15 is 0 Å². The predicted octanol–water partition coefficient (Wildman–Crippen LogP) is 3.69. The lowest BCUT2D eigenvalue weighted by molar-refractivity contribution is -0.141. The summed E-state index contributed by atoms with van der Waals surface area (Å²) in [6, 6.07) is 14.2. The summed E-state index contributed by atoms with van der Waals surface area (Å²) in [4.78, 5) is 40.3. The van der Waals surface area contributed by atoms with Crippen LogP contribution in [-0.4, -0.2) is 24.3 Å². The first kappa shape index (κ1) is 21.3. The molecule has 3 aliphatic rings. The number of ketones is 1. The Morgan fingerprint density at radius 1 is 1.21 bits per heavy atom. The van der Waals surface area contributed by atoms with Gasteiger partial charge in [-0.3, -0.25) is 9.59 Å². The van der Waals surface area contributed by atoms with Gasteiger partial charge in [0.2, 0.25) is 11.8 Å². The van der Waals surface area contributed by atoms with Gasteiger partial charge in [-0.25, -0.2) is 4.79 Å². The third-order valence-electron chi connectivity index (χ3n) is 6.37. The van der Waals surface area contributed by atoms with Crippen molar-refractivity contribution in [2.45, 2.75) is 31.1 Å². The number of para-hydroxylation sites is 1. The monoisotopic (exact) mass is 464 g/mol. The first-order valence-corrected chi connectivity index (χ1v) is 11.0. The van der Waals surface area contributed by atoms with E-state index < -0.39 is 17.3 Å². The van der Waals surface area contributed by atoms with Crippen LogP contribution in [0, 0.1) is 0 Å². The molecule has 33 heavy (non-hydrogen) atoms. The largest absolute Gasteiger partial charge is 0.462 e. The van der Waals surface area contributed by atoms with E-state index in [1.54, 1.807) is 37.3 Å². The maximum Gasteiger partial charge on any atom is 0.341 e. The van der Waals surface area contributed by atoms with Crippen LogP contribution in [-0.2, 0) is 29.3 Å². The van der Waals surface area contributed by atoms with E-state index in [0.717, 1.165) is 5.56 Å². The second-order valence-corrected chi connectivity index (χ2v) is 8.63. The fraction of sp³-hybridized carbons (Fsp3) is 0.240. The van der Waals surface area contributed by atoms with E-state index in [9.17, 15) is 14.4 Å². The van der Waals surface area contributed by atoms with Gasteiger partial charge in [0, 0.05) is 29.1 Å². The Bertz CT molecular complexity index is 1280. The molecular weight excluding hydrogens is 444 g/mol. The zero-order valence-corrected chi connectivity index (χ0v) is 18.6. The minimum atomic E-state index is -1.73. The van der Waals surface area contributed by atoms with Crippen LogP contribution in [0.5, 0.6) is 0 Å². The van der Waals surface area contributed by atoms with Gasteiger partial charge in [-0.2, -0.15) is 0 Å². The number of carbonyl (C=O) groups is 3. The third-order valence-corrected chi connectivity index (χ3v) is 6.61. The Kier molecular flexibility index (Phi) is 5.01. The Morgan fingerprint density at radius 2 is 2.00 bits per heavy atom. The van der Waals surface area contributed by atoms with Crippen molar-refractivity contribution in [3.63, 3.8) is 0 Å². The Hall–Kier alpha value is -3.58. The summed E-state index contributed by atoms with van der Waals surface area (Å²) in [5, 5.41) is 3.38. The number of Topliss-reactive ketones (excluding diaryl/α,β-unsaturated/α-hetero) is 1. The molecule has 1 aliphatic carbocycles. The zero-order chi connectivity index (χ0) is 23.3. The lowest BCUT2D eigenvalue weighted by Crippen LogP contribution is -2.49. The number of rotatable bonds is 3. The Labute approximate surface area is 195 Å². The highest BCUT2D eigenvalue weighted by molar-refractivity contribution is 6.30. The summed E-state index contributed by atoms with van der Waals surface area (Å²) < 4.78 is 11.1. The number of ether oxygens (including phenoxy) is 2. The van der Waals surface area contributed by atoms with Gasteiger partial charge in [0.05, 0.1) is 12.2 Å². The molecule has 0 bridgehead atoms. The third kappa shape index (κ3) is 3.07. The maximum atomic E-state index is 13.7. The smallest absolute Gasteiger partial charge is 0.341 e. The molecule has 0 saturated heterocycles. The standard InChI is InChI=1S/C25H21ClN2O5/c1-2-32-23(30)21-22(27)33-19-12-14(13-6-5-7-15(26)10-13)11-18(29)20(19)25(21)16-8-3-4-9-17(16)28-24(25)31/h3-10,14H,2,11-12,27H2,1H3,(H,28,31)/t14-,25+/m0/s1. The van der Waals surface area contributed by atoms with Gasteiger partial charge in [-0.15, -0.1) is 0 Å². The fourth-order valence-corrected chi connectivity index (χ4v) is 5.29. The highest BCUT2D eigenvalue weighted by Crippen LogP contribution is 2.55. The minimum absolute atomic E-state index is 0.0751. The molecule has 1 spiro atoms. The first-order chi connectivity index (χ1) is 15.9. The number of fused-ring (bicyclic) bond motifs is 3. The number of amides is 1. The second kappa shape index (κ2) is 7.78. The molecule has 7 nitrogen and oxygen atoms in total. The van der Waals surface area contributed by atoms with E-state index in [0.29, 0.717) is 22.7 Å². The molecule has 2 aliphatic heterocycles. The maximum absolute atomic E-state index is 13.7. The van der Waals surface area contributed by atoms with E-state index in [4.69, 9.17) is 26.8 Å². The number of esters is 1. The van der Waals surface area contributed by atoms with Gasteiger partial charge < -0.3 is 20.5 Å². The highest BCUT2D eigenvalue weighted by Gasteiger charge is 2.62. The Morgan fingerprint density at radius 3 is 2.76 bits per heavy atom. The molecule has 2 aromatic rings. The van der Waals surface area contributed by atoms with Gasteiger partial charge in [0.15, 0.2) is 5.78 Å². The number of benzene rings is 2. The highest BCUT2D eigenvalue weighted by atomic mass is 35.5. The van der Waals surface area contributed by atoms with Gasteiger partial charge in [0.1, 0.15) is 16.7 Å². The van der Waals surface area contributed by atoms with Crippen LogP contribution < -0.4 is 11.1 Å². The average Bonchev–Trinajstić information content (AvgIpc) is 3.05. The van der Waals surface area contributed by atoms with Crippen molar-refractivity contribution < 1.29 is 23.9 Å². The molecule has 8 heteroatoms. The van der Waals surface area contributed by atoms with Gasteiger partial charge in [0.25, 0.3) is 0 Å². The topological polar surface area (TPSA) is 108 Å². The molecule has 0 radical (unpaired) electrons. The van der Waals surface area contributed by atoms with Gasteiger partial charge in [-0.1, -0.05) is 41.9 Å². The molecule has 3 N–H and O–H groups in total. The second-order valence-electron chi connectivity index (χ2n) is 8.19. The van der Waals surface area contributed by atoms with Crippen LogP contribution in [0.25, 0.3) is 0 Å². The molecule has 0 fully saturated rings. The average molecular weight is 465 g/mol. The molecule has 1 amide bonds. The molecule has 2 atom stereocenters. The van der Waals surface area contributed by atoms with Gasteiger partial charge >= 0.3 is 5.97 Å². The van der Waals surface area contributed by atoms with E-state index in [1.165, 1.54) is 0 Å². The summed E-state index contributed by atoms with van der Waals surface area (Å²) in [6.45, 7) is 1.73. The summed E-state index contributed by atoms with van der Waals surface area (Å²) in [7, 11) is 0. The van der Waals surface area contributed by atoms with Crippen LogP contribution in [0.15, 0.2) is 71.3 Å². The first-order valence-electron chi connectivity index (χ1n) is 10.7. The molecular formula is C25H21ClN2O5. The van der Waals surface area contributed by atoms with Crippen LogP contribution in [0.1, 0.15) is 36.8 Å². The lowest BCUT2D eigenvalue weighted by Gasteiger charge is -2.40. The van der Waals surface area contributed by atoms with Gasteiger partial charge in [-0.05, 0) is 36.6 Å². The van der Waals surface area contributed by atoms with Crippen molar-refractivity contribution >= 4 is 34.9 Å². The predicted molar refractivity (Wildman–Crippen MR) is 121 cm³/mol. The number of nitrogens with two attached hydrogens (primary N) is 1. The SMILES string of the molecule is CCOC(=O)C1=C(N)OC2=C(C(=O)C[C@H](c3cccc(Cl)c3)C2)[C@@]12C(=O)Nc1ccccc12. The molecule has 0 saturated carbocycles. The van der Waals surface area contributed by atoms with Crippen LogP contribution in [0.4, 0.5) is 5.69 Å². The summed E-state index contributed by atoms with van der Waals surface area (Å²) >= 11 is 6.16. The van der Waals surface area contributed by atoms with E-state index in [2.05, 4.69) is 5.32 Å². The van der Waals surface area contributed by atoms with Crippen molar-refractivity contribution in [2.75, 3.05) is 11.9 Å². The van der Waals surface area contributed by atoms with Crippen LogP contribution >= 0.6 is 11.6 Å². The molecule has 0 aromatic heterocycles. The number of nitrogens with one attached hydrogen (secondary N) is 1. The molecule has 168 valence electrons. The Balaban J connectivity index is 1.72.